The van der Waals surface area contributed by atoms with Gasteiger partial charge in [-0.05, 0) is 49.2 Å². The Morgan fingerprint density at radius 2 is 1.96 bits per heavy atom. The Kier molecular flexibility index (Phi) is 5.98. The van der Waals surface area contributed by atoms with E-state index in [9.17, 15) is 13.2 Å². The van der Waals surface area contributed by atoms with Crippen molar-refractivity contribution in [3.05, 3.63) is 57.7 Å². The molecule has 6 nitrogen and oxygen atoms in total. The molecule has 0 aliphatic heterocycles. The molecular weight excluding hydrogens is 384 g/mol. The molecule has 0 aliphatic rings. The third-order valence-corrected chi connectivity index (χ3v) is 6.41. The number of hydrogen-bond donors (Lipinski definition) is 1. The van der Waals surface area contributed by atoms with E-state index in [0.717, 1.165) is 28.8 Å². The van der Waals surface area contributed by atoms with Crippen LogP contribution in [0.3, 0.4) is 0 Å². The third kappa shape index (κ3) is 4.40. The minimum absolute atomic E-state index is 0.0675. The highest BCUT2D eigenvalue weighted by atomic mass is 32.2. The van der Waals surface area contributed by atoms with Gasteiger partial charge in [0.25, 0.3) is 0 Å². The summed E-state index contributed by atoms with van der Waals surface area (Å²) in [6.45, 7) is 5.23. The van der Waals surface area contributed by atoms with Gasteiger partial charge in [0.05, 0.1) is 21.7 Å². The molecule has 2 aromatic carbocycles. The van der Waals surface area contributed by atoms with Crippen molar-refractivity contribution in [2.24, 2.45) is 0 Å². The Bertz CT molecular complexity index is 1100. The maximum atomic E-state index is 12.7. The Labute approximate surface area is 162 Å². The van der Waals surface area contributed by atoms with E-state index in [2.05, 4.69) is 4.72 Å². The number of nitrogens with zero attached hydrogens (tertiary/aromatic N) is 1. The zero-order chi connectivity index (χ0) is 19.4. The molecule has 0 unspecified atom stereocenters. The summed E-state index contributed by atoms with van der Waals surface area (Å²) in [5.41, 5.74) is 1.58. The second kappa shape index (κ2) is 8.24. The molecule has 1 N–H and O–H groups in total. The van der Waals surface area contributed by atoms with Crippen LogP contribution in [0, 0.1) is 0 Å². The first-order chi connectivity index (χ1) is 12.9. The lowest BCUT2D eigenvalue weighted by Crippen LogP contribution is -2.23. The summed E-state index contributed by atoms with van der Waals surface area (Å²) in [5, 5.41) is 0. The molecule has 0 bridgehead atoms. The smallest absolute Gasteiger partial charge is 0.308 e. The lowest BCUT2D eigenvalue weighted by molar-refractivity contribution is 0.340. The predicted octanol–water partition coefficient (Wildman–Crippen LogP) is 3.35. The molecule has 0 radical (unpaired) electrons. The Hall–Kier alpha value is -2.16. The standard InChI is InChI=1S/C19H22N2O4S2/c1-3-10-21-17-9-8-16(12-18(17)26-19(21)22)27(23,24)20-13-14-6-5-7-15(11-14)25-4-2/h5-9,11-12,20H,3-4,10,13H2,1-2H3. The van der Waals surface area contributed by atoms with Crippen LogP contribution in [0.15, 0.2) is 52.2 Å². The van der Waals surface area contributed by atoms with Crippen molar-refractivity contribution in [1.82, 2.24) is 9.29 Å². The summed E-state index contributed by atoms with van der Waals surface area (Å²) < 4.78 is 35.7. The number of hydrogen-bond acceptors (Lipinski definition) is 5. The number of rotatable bonds is 8. The first kappa shape index (κ1) is 19.6. The van der Waals surface area contributed by atoms with Gasteiger partial charge in [0.1, 0.15) is 5.75 Å². The quantitative estimate of drug-likeness (QED) is 0.622. The van der Waals surface area contributed by atoms with Crippen LogP contribution in [0.1, 0.15) is 25.8 Å². The third-order valence-electron chi connectivity index (χ3n) is 4.07. The lowest BCUT2D eigenvalue weighted by Gasteiger charge is -2.09. The van der Waals surface area contributed by atoms with Gasteiger partial charge in [-0.15, -0.1) is 0 Å². The van der Waals surface area contributed by atoms with Crippen molar-refractivity contribution in [1.29, 1.82) is 0 Å². The molecule has 0 saturated carbocycles. The molecule has 3 aromatic rings. The van der Waals surface area contributed by atoms with Crippen LogP contribution in [0.25, 0.3) is 10.2 Å². The van der Waals surface area contributed by atoms with E-state index in [1.54, 1.807) is 22.8 Å². The fourth-order valence-corrected chi connectivity index (χ4v) is 4.90. The number of aromatic nitrogens is 1. The summed E-state index contributed by atoms with van der Waals surface area (Å²) in [5.74, 6) is 0.706. The van der Waals surface area contributed by atoms with Gasteiger partial charge in [-0.1, -0.05) is 30.4 Å². The molecule has 0 fully saturated rings. The van der Waals surface area contributed by atoms with Gasteiger partial charge in [0.2, 0.25) is 10.0 Å². The number of thiazole rings is 1. The highest BCUT2D eigenvalue weighted by molar-refractivity contribution is 7.89. The van der Waals surface area contributed by atoms with Gasteiger partial charge in [-0.2, -0.15) is 0 Å². The first-order valence-electron chi connectivity index (χ1n) is 8.79. The largest absolute Gasteiger partial charge is 0.494 e. The molecule has 3 rings (SSSR count). The number of ether oxygens (including phenoxy) is 1. The second-order valence-corrected chi connectivity index (χ2v) is 8.81. The van der Waals surface area contributed by atoms with Crippen molar-refractivity contribution < 1.29 is 13.2 Å². The fraction of sp³-hybridized carbons (Fsp3) is 0.316. The molecule has 8 heteroatoms. The zero-order valence-electron chi connectivity index (χ0n) is 15.3. The van der Waals surface area contributed by atoms with Crippen LogP contribution in [0.2, 0.25) is 0 Å². The summed E-state index contributed by atoms with van der Waals surface area (Å²) in [7, 11) is -3.69. The van der Waals surface area contributed by atoms with Crippen LogP contribution < -0.4 is 14.3 Å². The van der Waals surface area contributed by atoms with Gasteiger partial charge in [0, 0.05) is 13.1 Å². The maximum absolute atomic E-state index is 12.7. The predicted molar refractivity (Wildman–Crippen MR) is 108 cm³/mol. The number of aryl methyl sites for hydroxylation is 1. The van der Waals surface area contributed by atoms with Gasteiger partial charge < -0.3 is 4.74 Å². The Balaban J connectivity index is 1.82. The molecule has 1 aromatic heterocycles. The molecule has 0 atom stereocenters. The highest BCUT2D eigenvalue weighted by Gasteiger charge is 2.16. The van der Waals surface area contributed by atoms with Gasteiger partial charge in [-0.25, -0.2) is 13.1 Å². The molecule has 0 amide bonds. The van der Waals surface area contributed by atoms with Crippen LogP contribution in [-0.2, 0) is 23.1 Å². The van der Waals surface area contributed by atoms with Crippen LogP contribution >= 0.6 is 11.3 Å². The van der Waals surface area contributed by atoms with E-state index in [1.807, 2.05) is 38.1 Å². The lowest BCUT2D eigenvalue weighted by atomic mass is 10.2. The average molecular weight is 407 g/mol. The number of sulfonamides is 1. The minimum atomic E-state index is -3.69. The van der Waals surface area contributed by atoms with E-state index in [0.29, 0.717) is 23.6 Å². The molecule has 1 heterocycles. The number of benzene rings is 2. The SMILES string of the molecule is CCCn1c(=O)sc2cc(S(=O)(=O)NCc3cccc(OCC)c3)ccc21. The van der Waals surface area contributed by atoms with Crippen LogP contribution in [0.4, 0.5) is 0 Å². The molecule has 0 spiro atoms. The first-order valence-corrected chi connectivity index (χ1v) is 11.1. The maximum Gasteiger partial charge on any atom is 0.308 e. The Morgan fingerprint density at radius 3 is 2.70 bits per heavy atom. The monoisotopic (exact) mass is 406 g/mol. The molecule has 27 heavy (non-hydrogen) atoms. The van der Waals surface area contributed by atoms with Gasteiger partial charge >= 0.3 is 4.87 Å². The summed E-state index contributed by atoms with van der Waals surface area (Å²) >= 11 is 1.07. The fourth-order valence-electron chi connectivity index (χ4n) is 2.82. The average Bonchev–Trinajstić information content (AvgIpc) is 2.96. The molecule has 144 valence electrons. The van der Waals surface area contributed by atoms with Crippen LogP contribution in [-0.4, -0.2) is 19.6 Å². The molecule has 0 aliphatic carbocycles. The zero-order valence-corrected chi connectivity index (χ0v) is 16.9. The van der Waals surface area contributed by atoms with Crippen molar-refractivity contribution in [2.75, 3.05) is 6.61 Å². The van der Waals surface area contributed by atoms with Crippen molar-refractivity contribution in [3.8, 4) is 5.75 Å². The Morgan fingerprint density at radius 1 is 1.15 bits per heavy atom. The van der Waals surface area contributed by atoms with E-state index >= 15 is 0 Å². The van der Waals surface area contributed by atoms with Crippen molar-refractivity contribution in [2.45, 2.75) is 38.3 Å². The van der Waals surface area contributed by atoms with Gasteiger partial charge in [0.15, 0.2) is 0 Å². The summed E-state index contributed by atoms with van der Waals surface area (Å²) in [6.07, 6.45) is 0.841. The normalized spacial score (nSPS) is 11.8. The topological polar surface area (TPSA) is 77.4 Å². The number of nitrogens with one attached hydrogen (secondary N) is 1. The molecular formula is C19H22N2O4S2. The van der Waals surface area contributed by atoms with E-state index in [4.69, 9.17) is 4.74 Å². The van der Waals surface area contributed by atoms with E-state index in [-0.39, 0.29) is 16.3 Å². The second-order valence-electron chi connectivity index (χ2n) is 6.05. The van der Waals surface area contributed by atoms with Crippen LogP contribution in [0.5, 0.6) is 5.75 Å². The van der Waals surface area contributed by atoms with E-state index in [1.165, 1.54) is 0 Å². The molecule has 0 saturated heterocycles. The van der Waals surface area contributed by atoms with E-state index < -0.39 is 10.0 Å². The number of fused-ring (bicyclic) bond motifs is 1. The van der Waals surface area contributed by atoms with Crippen molar-refractivity contribution >= 4 is 31.6 Å². The summed E-state index contributed by atoms with van der Waals surface area (Å²) in [6, 6.07) is 12.1. The van der Waals surface area contributed by atoms with Crippen molar-refractivity contribution in [3.63, 3.8) is 0 Å². The highest BCUT2D eigenvalue weighted by Crippen LogP contribution is 2.22. The minimum Gasteiger partial charge on any atom is -0.494 e. The van der Waals surface area contributed by atoms with Gasteiger partial charge in [-0.3, -0.25) is 9.36 Å². The summed E-state index contributed by atoms with van der Waals surface area (Å²) in [4.78, 5) is 12.2.